The first kappa shape index (κ1) is 12.9. The van der Waals surface area contributed by atoms with Gasteiger partial charge in [-0.15, -0.1) is 0 Å². The summed E-state index contributed by atoms with van der Waals surface area (Å²) >= 11 is 0. The minimum Gasteiger partial charge on any atom is -0.550 e. The largest absolute Gasteiger partial charge is 1.00 e. The van der Waals surface area contributed by atoms with E-state index in [1.54, 1.807) is 10.8 Å². The van der Waals surface area contributed by atoms with E-state index in [0.717, 1.165) is 19.3 Å². The Labute approximate surface area is 129 Å². The predicted molar refractivity (Wildman–Crippen MR) is 49.7 cm³/mol. The van der Waals surface area contributed by atoms with Crippen molar-refractivity contribution in [3.8, 4) is 0 Å². The first-order valence-corrected chi connectivity index (χ1v) is 6.58. The van der Waals surface area contributed by atoms with Crippen LogP contribution in [0.25, 0.3) is 0 Å². The molecule has 0 radical (unpaired) electrons. The number of carbonyl (C=O) groups excluding carboxylic acids is 1. The molecule has 1 aliphatic carbocycles. The van der Waals surface area contributed by atoms with Gasteiger partial charge in [0.25, 0.3) is 0 Å². The van der Waals surface area contributed by atoms with E-state index in [0.29, 0.717) is 0 Å². The minimum atomic E-state index is -0.837. The zero-order chi connectivity index (χ0) is 8.60. The summed E-state index contributed by atoms with van der Waals surface area (Å²) in [6.45, 7) is 0. The molecule has 1 saturated heterocycles. The van der Waals surface area contributed by atoms with Crippen LogP contribution < -0.4 is 56.5 Å². The Hall–Kier alpha value is 1.81. The quantitative estimate of drug-likeness (QED) is 0.396. The van der Waals surface area contributed by atoms with E-state index in [4.69, 9.17) is 0 Å². The van der Waals surface area contributed by atoms with Crippen molar-refractivity contribution in [3.05, 3.63) is 0 Å². The maximum atomic E-state index is 10.7. The van der Waals surface area contributed by atoms with Crippen LogP contribution >= 0.6 is 21.6 Å². The summed E-state index contributed by atoms with van der Waals surface area (Å²) in [5.74, 6) is 0.165. The van der Waals surface area contributed by atoms with Crippen LogP contribution in [0.4, 0.5) is 0 Å². The van der Waals surface area contributed by atoms with Gasteiger partial charge in [-0.2, -0.15) is 0 Å². The number of carbonyl (C=O) groups is 1. The molecule has 0 aromatic carbocycles. The number of rotatable bonds is 1. The molecule has 2 aliphatic rings. The fourth-order valence-corrected chi connectivity index (χ4v) is 5.47. The van der Waals surface area contributed by atoms with Gasteiger partial charge in [0, 0.05) is 22.4 Å². The molecule has 2 rings (SSSR count). The van der Waals surface area contributed by atoms with E-state index in [1.807, 2.05) is 10.8 Å². The van der Waals surface area contributed by atoms with Crippen molar-refractivity contribution >= 4 is 27.6 Å². The summed E-state index contributed by atoms with van der Waals surface area (Å²) in [6.07, 6.45) is 4.14. The third kappa shape index (κ3) is 2.49. The van der Waals surface area contributed by atoms with Crippen LogP contribution in [0, 0.1) is 5.92 Å². The summed E-state index contributed by atoms with van der Waals surface area (Å²) in [5.41, 5.74) is 0. The Morgan fingerprint density at radius 3 is 2.62 bits per heavy atom. The average molecular weight is 242 g/mol. The van der Waals surface area contributed by atoms with Crippen LogP contribution in [0.15, 0.2) is 0 Å². The first-order valence-electron chi connectivity index (χ1n) is 4.26. The van der Waals surface area contributed by atoms with Gasteiger partial charge >= 0.3 is 51.4 Å². The van der Waals surface area contributed by atoms with Crippen LogP contribution in [0.5, 0.6) is 0 Å². The molecule has 1 aliphatic heterocycles. The molecule has 0 aromatic heterocycles. The molecule has 0 N–H and O–H groups in total. The van der Waals surface area contributed by atoms with Crippen LogP contribution in [-0.4, -0.2) is 16.5 Å². The second-order valence-corrected chi connectivity index (χ2v) is 6.31. The molecule has 0 bridgehead atoms. The Morgan fingerprint density at radius 1 is 1.46 bits per heavy atom. The van der Waals surface area contributed by atoms with Gasteiger partial charge in [0.1, 0.15) is 0 Å². The van der Waals surface area contributed by atoms with Gasteiger partial charge in [-0.25, -0.2) is 0 Å². The van der Waals surface area contributed by atoms with Crippen molar-refractivity contribution < 1.29 is 61.3 Å². The van der Waals surface area contributed by atoms with E-state index in [9.17, 15) is 9.90 Å². The van der Waals surface area contributed by atoms with Crippen LogP contribution in [-0.2, 0) is 4.79 Å². The Bertz CT molecular complexity index is 204. The molecule has 0 amide bonds. The summed E-state index contributed by atoms with van der Waals surface area (Å²) in [5, 5.41) is 10.7. The molecule has 13 heavy (non-hydrogen) atoms. The standard InChI is InChI=1S/C8H12O2S2.K/c9-7(10)6-2-4-8(6)3-1-5-11-12-8;/h6H,1-5H2,(H,9,10);/q;+1/p-1. The molecule has 2 atom stereocenters. The molecule has 2 fully saturated rings. The molecule has 0 aromatic rings. The van der Waals surface area contributed by atoms with Gasteiger partial charge in [-0.3, -0.25) is 0 Å². The SMILES string of the molecule is O=C([O-])C1CCC12CCCSS2.[K+]. The monoisotopic (exact) mass is 242 g/mol. The van der Waals surface area contributed by atoms with Crippen LogP contribution in [0.2, 0.25) is 0 Å². The zero-order valence-electron chi connectivity index (χ0n) is 7.75. The smallest absolute Gasteiger partial charge is 0.550 e. The molecular weight excluding hydrogens is 231 g/mol. The number of hydrogen-bond acceptors (Lipinski definition) is 4. The molecule has 2 nitrogen and oxygen atoms in total. The van der Waals surface area contributed by atoms with Crippen molar-refractivity contribution in [1.29, 1.82) is 0 Å². The summed E-state index contributed by atoms with van der Waals surface area (Å²) in [4.78, 5) is 10.7. The van der Waals surface area contributed by atoms with Gasteiger partial charge in [-0.05, 0) is 25.7 Å². The Morgan fingerprint density at radius 2 is 2.23 bits per heavy atom. The maximum Gasteiger partial charge on any atom is 1.00 e. The second kappa shape index (κ2) is 5.23. The second-order valence-electron chi connectivity index (χ2n) is 3.48. The van der Waals surface area contributed by atoms with Crippen LogP contribution in [0.1, 0.15) is 25.7 Å². The van der Waals surface area contributed by atoms with Gasteiger partial charge in [0.2, 0.25) is 0 Å². The van der Waals surface area contributed by atoms with Crippen LogP contribution in [0.3, 0.4) is 0 Å². The summed E-state index contributed by atoms with van der Waals surface area (Å²) < 4.78 is 0.0573. The van der Waals surface area contributed by atoms with Crippen molar-refractivity contribution in [1.82, 2.24) is 0 Å². The number of carboxylic acid groups (broad SMARTS) is 1. The third-order valence-corrected chi connectivity index (χ3v) is 6.28. The summed E-state index contributed by atoms with van der Waals surface area (Å²) in [6, 6.07) is 0. The average Bonchev–Trinajstić information content (AvgIpc) is 2.03. The van der Waals surface area contributed by atoms with E-state index in [1.165, 1.54) is 12.2 Å². The first-order chi connectivity index (χ1) is 5.75. The number of hydrogen-bond donors (Lipinski definition) is 0. The predicted octanol–water partition coefficient (Wildman–Crippen LogP) is -1.94. The maximum absolute atomic E-state index is 10.7. The van der Waals surface area contributed by atoms with E-state index in [2.05, 4.69) is 0 Å². The third-order valence-electron chi connectivity index (χ3n) is 2.83. The van der Waals surface area contributed by atoms with E-state index >= 15 is 0 Å². The van der Waals surface area contributed by atoms with Crippen molar-refractivity contribution in [3.63, 3.8) is 0 Å². The van der Waals surface area contributed by atoms with Gasteiger partial charge in [0.15, 0.2) is 0 Å². The van der Waals surface area contributed by atoms with Crippen molar-refractivity contribution in [2.24, 2.45) is 5.92 Å². The molecular formula is C8H11KO2S2. The van der Waals surface area contributed by atoms with E-state index in [-0.39, 0.29) is 62.0 Å². The number of carboxylic acids is 1. The van der Waals surface area contributed by atoms with Gasteiger partial charge in [-0.1, -0.05) is 21.6 Å². The fraction of sp³-hybridized carbons (Fsp3) is 0.875. The minimum absolute atomic E-state index is 0. The summed E-state index contributed by atoms with van der Waals surface area (Å²) in [7, 11) is 3.61. The zero-order valence-corrected chi connectivity index (χ0v) is 12.5. The normalized spacial score (nSPS) is 37.7. The van der Waals surface area contributed by atoms with E-state index < -0.39 is 5.97 Å². The topological polar surface area (TPSA) is 40.1 Å². The molecule has 5 heteroatoms. The molecule has 68 valence electrons. The number of aliphatic carboxylic acids is 1. The molecule has 2 unspecified atom stereocenters. The fourth-order valence-electron chi connectivity index (χ4n) is 1.97. The Balaban J connectivity index is 0.000000845. The van der Waals surface area contributed by atoms with Gasteiger partial charge < -0.3 is 9.90 Å². The van der Waals surface area contributed by atoms with Crippen molar-refractivity contribution in [2.45, 2.75) is 30.4 Å². The molecule has 1 heterocycles. The molecule has 1 saturated carbocycles. The Kier molecular flexibility index (Phi) is 5.18. The van der Waals surface area contributed by atoms with Crippen molar-refractivity contribution in [2.75, 3.05) is 5.75 Å². The van der Waals surface area contributed by atoms with Gasteiger partial charge in [0.05, 0.1) is 0 Å². The molecule has 1 spiro atoms.